The van der Waals surface area contributed by atoms with E-state index in [0.717, 1.165) is 33.1 Å². The monoisotopic (exact) mass is 320 g/mol. The maximum Gasteiger partial charge on any atom is 0.168 e. The van der Waals surface area contributed by atoms with Gasteiger partial charge in [0.2, 0.25) is 0 Å². The number of anilines is 1. The van der Waals surface area contributed by atoms with Crippen molar-refractivity contribution in [1.29, 1.82) is 0 Å². The number of rotatable bonds is 3. The minimum Gasteiger partial charge on any atom is -0.493 e. The second-order valence-electron chi connectivity index (χ2n) is 5.44. The second-order valence-corrected chi connectivity index (χ2v) is 5.44. The minimum absolute atomic E-state index is 0.479. The number of H-pyrrole nitrogens is 1. The summed E-state index contributed by atoms with van der Waals surface area (Å²) in [6, 6.07) is 9.69. The minimum atomic E-state index is 0.479. The van der Waals surface area contributed by atoms with Gasteiger partial charge in [-0.1, -0.05) is 12.1 Å². The molecule has 0 amide bonds. The van der Waals surface area contributed by atoms with Crippen LogP contribution in [-0.2, 0) is 0 Å². The summed E-state index contributed by atoms with van der Waals surface area (Å²) in [5.74, 6) is 1.84. The van der Waals surface area contributed by atoms with Gasteiger partial charge in [0.05, 0.1) is 25.9 Å². The van der Waals surface area contributed by atoms with Gasteiger partial charge in [-0.3, -0.25) is 0 Å². The number of nitrogen functional groups attached to an aromatic ring is 1. The van der Waals surface area contributed by atoms with Crippen LogP contribution >= 0.6 is 0 Å². The zero-order chi connectivity index (χ0) is 16.7. The number of aromatic nitrogens is 3. The summed E-state index contributed by atoms with van der Waals surface area (Å²) in [7, 11) is 3.25. The SMILES string of the molecule is COc1cccc(-c2cnc3[nH]c4cnc(N)cc4c3c2)c1OC. The molecule has 0 aliphatic rings. The fourth-order valence-electron chi connectivity index (χ4n) is 2.95. The molecule has 0 atom stereocenters. The van der Waals surface area contributed by atoms with Crippen LogP contribution in [0.15, 0.2) is 42.7 Å². The number of aromatic amines is 1. The fraction of sp³-hybridized carbons (Fsp3) is 0.111. The number of hydrogen-bond acceptors (Lipinski definition) is 5. The number of nitrogens with zero attached hydrogens (tertiary/aromatic N) is 2. The van der Waals surface area contributed by atoms with Crippen molar-refractivity contribution in [3.05, 3.63) is 42.7 Å². The molecule has 0 radical (unpaired) electrons. The Labute approximate surface area is 138 Å². The number of ether oxygens (including phenoxy) is 2. The van der Waals surface area contributed by atoms with E-state index in [1.54, 1.807) is 20.4 Å². The van der Waals surface area contributed by atoms with Crippen LogP contribution in [0, 0.1) is 0 Å². The van der Waals surface area contributed by atoms with E-state index in [1.165, 1.54) is 0 Å². The van der Waals surface area contributed by atoms with E-state index in [-0.39, 0.29) is 0 Å². The van der Waals surface area contributed by atoms with Gasteiger partial charge >= 0.3 is 0 Å². The smallest absolute Gasteiger partial charge is 0.168 e. The molecule has 0 unspecified atom stereocenters. The summed E-state index contributed by atoms with van der Waals surface area (Å²) in [4.78, 5) is 11.9. The van der Waals surface area contributed by atoms with Gasteiger partial charge in [0.25, 0.3) is 0 Å². The third-order valence-electron chi connectivity index (χ3n) is 4.07. The first-order valence-corrected chi connectivity index (χ1v) is 7.45. The quantitative estimate of drug-likeness (QED) is 0.604. The summed E-state index contributed by atoms with van der Waals surface area (Å²) in [5, 5.41) is 1.98. The van der Waals surface area contributed by atoms with Crippen molar-refractivity contribution in [1.82, 2.24) is 15.0 Å². The van der Waals surface area contributed by atoms with Gasteiger partial charge < -0.3 is 20.2 Å². The van der Waals surface area contributed by atoms with Crippen LogP contribution in [-0.4, -0.2) is 29.2 Å². The molecule has 0 saturated heterocycles. The van der Waals surface area contributed by atoms with Gasteiger partial charge in [-0.05, 0) is 18.2 Å². The third-order valence-corrected chi connectivity index (χ3v) is 4.07. The van der Waals surface area contributed by atoms with Crippen molar-refractivity contribution in [2.45, 2.75) is 0 Å². The van der Waals surface area contributed by atoms with Gasteiger partial charge in [0.15, 0.2) is 11.5 Å². The highest BCUT2D eigenvalue weighted by Gasteiger charge is 2.14. The topological polar surface area (TPSA) is 86.0 Å². The first-order chi connectivity index (χ1) is 11.7. The Hall–Kier alpha value is -3.28. The summed E-state index contributed by atoms with van der Waals surface area (Å²) in [6.45, 7) is 0. The molecule has 6 nitrogen and oxygen atoms in total. The van der Waals surface area contributed by atoms with Crippen molar-refractivity contribution in [2.24, 2.45) is 0 Å². The molecule has 0 bridgehead atoms. The Kier molecular flexibility index (Phi) is 3.23. The average molecular weight is 320 g/mol. The molecule has 120 valence electrons. The molecule has 0 aliphatic heterocycles. The lowest BCUT2D eigenvalue weighted by atomic mass is 10.0. The van der Waals surface area contributed by atoms with Crippen LogP contribution in [0.2, 0.25) is 0 Å². The zero-order valence-electron chi connectivity index (χ0n) is 13.3. The molecule has 0 spiro atoms. The molecule has 1 aromatic carbocycles. The van der Waals surface area contributed by atoms with E-state index in [2.05, 4.69) is 21.0 Å². The molecule has 0 aliphatic carbocycles. The van der Waals surface area contributed by atoms with Crippen LogP contribution in [0.5, 0.6) is 11.5 Å². The standard InChI is InChI=1S/C18H16N4O2/c1-23-15-5-3-4-11(17(15)24-2)10-6-13-12-7-16(19)20-9-14(12)22-18(13)21-8-10/h3-9H,1-2H3,(H2,19,20)(H,21,22). The highest BCUT2D eigenvalue weighted by molar-refractivity contribution is 6.07. The highest BCUT2D eigenvalue weighted by atomic mass is 16.5. The van der Waals surface area contributed by atoms with E-state index in [0.29, 0.717) is 17.3 Å². The number of para-hydroxylation sites is 1. The van der Waals surface area contributed by atoms with Crippen LogP contribution in [0.25, 0.3) is 33.1 Å². The van der Waals surface area contributed by atoms with Crippen LogP contribution < -0.4 is 15.2 Å². The van der Waals surface area contributed by atoms with Crippen LogP contribution in [0.4, 0.5) is 5.82 Å². The lowest BCUT2D eigenvalue weighted by Crippen LogP contribution is -1.93. The Bertz CT molecular complexity index is 1060. The molecule has 4 rings (SSSR count). The van der Waals surface area contributed by atoms with Gasteiger partial charge in [-0.15, -0.1) is 0 Å². The zero-order valence-corrected chi connectivity index (χ0v) is 13.3. The molecular weight excluding hydrogens is 304 g/mol. The van der Waals surface area contributed by atoms with Gasteiger partial charge in [0, 0.05) is 28.1 Å². The molecule has 4 aromatic rings. The summed E-state index contributed by atoms with van der Waals surface area (Å²) in [5.41, 5.74) is 9.38. The van der Waals surface area contributed by atoms with Gasteiger partial charge in [0.1, 0.15) is 11.5 Å². The predicted octanol–water partition coefficient (Wildman–Crippen LogP) is 3.38. The van der Waals surface area contributed by atoms with Crippen molar-refractivity contribution < 1.29 is 9.47 Å². The molecule has 0 saturated carbocycles. The number of pyridine rings is 2. The normalized spacial score (nSPS) is 11.1. The van der Waals surface area contributed by atoms with Crippen molar-refractivity contribution in [3.63, 3.8) is 0 Å². The molecule has 3 N–H and O–H groups in total. The molecule has 0 fully saturated rings. The lowest BCUT2D eigenvalue weighted by molar-refractivity contribution is 0.356. The fourth-order valence-corrected chi connectivity index (χ4v) is 2.95. The van der Waals surface area contributed by atoms with Crippen LogP contribution in [0.1, 0.15) is 0 Å². The number of nitrogens with one attached hydrogen (secondary N) is 1. The average Bonchev–Trinajstić information content (AvgIpc) is 2.98. The van der Waals surface area contributed by atoms with E-state index in [4.69, 9.17) is 15.2 Å². The van der Waals surface area contributed by atoms with E-state index in [9.17, 15) is 0 Å². The number of benzene rings is 1. The van der Waals surface area contributed by atoms with Crippen LogP contribution in [0.3, 0.4) is 0 Å². The molecule has 3 heterocycles. The number of hydrogen-bond donors (Lipinski definition) is 2. The Morgan fingerprint density at radius 3 is 2.67 bits per heavy atom. The predicted molar refractivity (Wildman–Crippen MR) is 94.3 cm³/mol. The van der Waals surface area contributed by atoms with E-state index < -0.39 is 0 Å². The van der Waals surface area contributed by atoms with Gasteiger partial charge in [-0.25, -0.2) is 9.97 Å². The Morgan fingerprint density at radius 2 is 1.88 bits per heavy atom. The first-order valence-electron chi connectivity index (χ1n) is 7.45. The van der Waals surface area contributed by atoms with E-state index >= 15 is 0 Å². The maximum atomic E-state index is 5.82. The maximum absolute atomic E-state index is 5.82. The van der Waals surface area contributed by atoms with Crippen molar-refractivity contribution >= 4 is 27.8 Å². The number of methoxy groups -OCH3 is 2. The molecule has 6 heteroatoms. The largest absolute Gasteiger partial charge is 0.493 e. The molecular formula is C18H16N4O2. The molecule has 3 aromatic heterocycles. The summed E-state index contributed by atoms with van der Waals surface area (Å²) >= 11 is 0. The first kappa shape index (κ1) is 14.3. The Balaban J connectivity index is 1.98. The van der Waals surface area contributed by atoms with E-state index in [1.807, 2.05) is 30.5 Å². The number of fused-ring (bicyclic) bond motifs is 3. The third kappa shape index (κ3) is 2.11. The second kappa shape index (κ2) is 5.42. The summed E-state index contributed by atoms with van der Waals surface area (Å²) < 4.78 is 10.9. The number of nitrogens with two attached hydrogens (primary N) is 1. The van der Waals surface area contributed by atoms with Gasteiger partial charge in [-0.2, -0.15) is 0 Å². The summed E-state index contributed by atoms with van der Waals surface area (Å²) in [6.07, 6.45) is 3.53. The Morgan fingerprint density at radius 1 is 1.00 bits per heavy atom. The lowest BCUT2D eigenvalue weighted by Gasteiger charge is -2.12. The van der Waals surface area contributed by atoms with Crippen molar-refractivity contribution in [3.8, 4) is 22.6 Å². The molecule has 24 heavy (non-hydrogen) atoms. The highest BCUT2D eigenvalue weighted by Crippen LogP contribution is 2.39. The van der Waals surface area contributed by atoms with Crippen molar-refractivity contribution in [2.75, 3.05) is 20.0 Å².